The Morgan fingerprint density at radius 3 is 2.40 bits per heavy atom. The number of aromatic amines is 1. The van der Waals surface area contributed by atoms with E-state index in [2.05, 4.69) is 9.88 Å². The summed E-state index contributed by atoms with van der Waals surface area (Å²) in [7, 11) is 0. The molecule has 2 aromatic rings. The lowest BCUT2D eigenvalue weighted by Crippen LogP contribution is -2.44. The predicted molar refractivity (Wildman–Crippen MR) is 99.9 cm³/mol. The van der Waals surface area contributed by atoms with Gasteiger partial charge in [-0.25, -0.2) is 0 Å². The molecule has 0 atom stereocenters. The average molecular weight is 359 g/mol. The highest BCUT2D eigenvalue weighted by Gasteiger charge is 2.31. The van der Waals surface area contributed by atoms with Gasteiger partial charge >= 0.3 is 0 Å². The van der Waals surface area contributed by atoms with Crippen molar-refractivity contribution in [3.8, 4) is 0 Å². The van der Waals surface area contributed by atoms with E-state index in [1.54, 1.807) is 11.3 Å². The monoisotopic (exact) mass is 359 g/mol. The predicted octanol–water partition coefficient (Wildman–Crippen LogP) is 3.48. The summed E-state index contributed by atoms with van der Waals surface area (Å²) in [5.74, 6) is 0.466. The lowest BCUT2D eigenvalue weighted by Gasteiger charge is -2.33. The third-order valence-corrected chi connectivity index (χ3v) is 6.37. The molecule has 2 amide bonds. The van der Waals surface area contributed by atoms with Crippen LogP contribution in [-0.4, -0.2) is 52.8 Å². The first-order valence-electron chi connectivity index (χ1n) is 9.36. The molecule has 0 saturated carbocycles. The summed E-state index contributed by atoms with van der Waals surface area (Å²) in [4.78, 5) is 33.7. The molecule has 0 unspecified atom stereocenters. The van der Waals surface area contributed by atoms with Crippen molar-refractivity contribution in [3.05, 3.63) is 23.2 Å². The Balaban J connectivity index is 1.35. The minimum atomic E-state index is 0.0593. The van der Waals surface area contributed by atoms with Gasteiger partial charge in [0.25, 0.3) is 5.91 Å². The van der Waals surface area contributed by atoms with E-state index in [1.807, 2.05) is 22.4 Å². The normalized spacial score (nSPS) is 20.0. The molecule has 0 bridgehead atoms. The van der Waals surface area contributed by atoms with E-state index in [-0.39, 0.29) is 11.8 Å². The summed E-state index contributed by atoms with van der Waals surface area (Å²) in [6.45, 7) is 3.18. The van der Waals surface area contributed by atoms with Crippen molar-refractivity contribution in [1.82, 2.24) is 14.8 Å². The molecular weight excluding hydrogens is 334 g/mol. The lowest BCUT2D eigenvalue weighted by atomic mass is 9.95. The topological polar surface area (TPSA) is 56.4 Å². The number of rotatable bonds is 2. The minimum Gasteiger partial charge on any atom is -0.342 e. The Hall–Kier alpha value is -1.82. The average Bonchev–Trinajstić information content (AvgIpc) is 3.13. The standard InChI is InChI=1S/C19H25N3O2S/c23-18(21-8-3-1-2-4-9-21)14-5-10-22(11-6-14)19(24)16-13-15-7-12-25-17(15)20-16/h7,12-14,20H,1-6,8-11H2. The van der Waals surface area contributed by atoms with Gasteiger partial charge in [0.1, 0.15) is 10.5 Å². The van der Waals surface area contributed by atoms with Crippen LogP contribution in [0.5, 0.6) is 0 Å². The van der Waals surface area contributed by atoms with Crippen LogP contribution in [0.4, 0.5) is 0 Å². The molecule has 0 aliphatic carbocycles. The number of hydrogen-bond acceptors (Lipinski definition) is 3. The molecule has 2 aliphatic rings. The molecule has 0 aromatic carbocycles. The number of H-pyrrole nitrogens is 1. The zero-order valence-electron chi connectivity index (χ0n) is 14.5. The Bertz CT molecular complexity index is 721. The van der Waals surface area contributed by atoms with Crippen LogP contribution in [0, 0.1) is 5.92 Å². The molecule has 2 aliphatic heterocycles. The number of aromatic nitrogens is 1. The van der Waals surface area contributed by atoms with Gasteiger partial charge in [-0.3, -0.25) is 9.59 Å². The summed E-state index contributed by atoms with van der Waals surface area (Å²) in [5.41, 5.74) is 0.666. The van der Waals surface area contributed by atoms with Crippen LogP contribution < -0.4 is 0 Å². The van der Waals surface area contributed by atoms with Crippen LogP contribution in [0.1, 0.15) is 49.0 Å². The molecule has 2 aromatic heterocycles. The van der Waals surface area contributed by atoms with E-state index >= 15 is 0 Å². The van der Waals surface area contributed by atoms with E-state index in [1.165, 1.54) is 12.8 Å². The number of hydrogen-bond donors (Lipinski definition) is 1. The molecular formula is C19H25N3O2S. The van der Waals surface area contributed by atoms with Crippen LogP contribution in [0.3, 0.4) is 0 Å². The Morgan fingerprint density at radius 2 is 1.72 bits per heavy atom. The molecule has 134 valence electrons. The summed E-state index contributed by atoms with van der Waals surface area (Å²) in [6.07, 6.45) is 6.32. The van der Waals surface area contributed by atoms with Crippen LogP contribution in [0.15, 0.2) is 17.5 Å². The van der Waals surface area contributed by atoms with Crippen molar-refractivity contribution in [2.45, 2.75) is 38.5 Å². The van der Waals surface area contributed by atoms with Gasteiger partial charge in [0, 0.05) is 37.5 Å². The summed E-state index contributed by atoms with van der Waals surface area (Å²) >= 11 is 1.62. The van der Waals surface area contributed by atoms with E-state index < -0.39 is 0 Å². The molecule has 4 heterocycles. The van der Waals surface area contributed by atoms with Crippen molar-refractivity contribution >= 4 is 33.4 Å². The van der Waals surface area contributed by atoms with Crippen molar-refractivity contribution in [1.29, 1.82) is 0 Å². The number of carbonyl (C=O) groups excluding carboxylic acids is 2. The van der Waals surface area contributed by atoms with E-state index in [9.17, 15) is 9.59 Å². The maximum Gasteiger partial charge on any atom is 0.270 e. The number of carbonyl (C=O) groups is 2. The highest BCUT2D eigenvalue weighted by Crippen LogP contribution is 2.25. The highest BCUT2D eigenvalue weighted by molar-refractivity contribution is 7.16. The summed E-state index contributed by atoms with van der Waals surface area (Å²) in [6, 6.07) is 3.96. The quantitative estimate of drug-likeness (QED) is 0.892. The van der Waals surface area contributed by atoms with Gasteiger partial charge in [0.2, 0.25) is 5.91 Å². The third kappa shape index (κ3) is 3.45. The largest absolute Gasteiger partial charge is 0.342 e. The summed E-state index contributed by atoms with van der Waals surface area (Å²) in [5, 5.41) is 3.12. The van der Waals surface area contributed by atoms with Gasteiger partial charge < -0.3 is 14.8 Å². The van der Waals surface area contributed by atoms with Crippen LogP contribution in [-0.2, 0) is 4.79 Å². The molecule has 0 radical (unpaired) electrons. The Morgan fingerprint density at radius 1 is 1.00 bits per heavy atom. The molecule has 6 heteroatoms. The fraction of sp³-hybridized carbons (Fsp3) is 0.579. The molecule has 25 heavy (non-hydrogen) atoms. The van der Waals surface area contributed by atoms with Crippen molar-refractivity contribution in [3.63, 3.8) is 0 Å². The van der Waals surface area contributed by atoms with Crippen LogP contribution in [0.2, 0.25) is 0 Å². The molecule has 4 rings (SSSR count). The van der Waals surface area contributed by atoms with Gasteiger partial charge in [-0.15, -0.1) is 11.3 Å². The molecule has 5 nitrogen and oxygen atoms in total. The van der Waals surface area contributed by atoms with Gasteiger partial charge in [0.15, 0.2) is 0 Å². The molecule has 0 spiro atoms. The summed E-state index contributed by atoms with van der Waals surface area (Å²) < 4.78 is 0. The molecule has 2 saturated heterocycles. The highest BCUT2D eigenvalue weighted by atomic mass is 32.1. The van der Waals surface area contributed by atoms with Gasteiger partial charge in [0.05, 0.1) is 0 Å². The number of nitrogens with one attached hydrogen (secondary N) is 1. The van der Waals surface area contributed by atoms with Gasteiger partial charge in [-0.1, -0.05) is 12.8 Å². The van der Waals surface area contributed by atoms with Crippen LogP contribution in [0.25, 0.3) is 10.2 Å². The van der Waals surface area contributed by atoms with Crippen molar-refractivity contribution < 1.29 is 9.59 Å². The van der Waals surface area contributed by atoms with Crippen molar-refractivity contribution in [2.75, 3.05) is 26.2 Å². The number of nitrogens with zero attached hydrogens (tertiary/aromatic N) is 2. The fourth-order valence-corrected chi connectivity index (χ4v) is 4.80. The second-order valence-corrected chi connectivity index (χ2v) is 8.11. The number of thiophene rings is 1. The Kier molecular flexibility index (Phi) is 4.79. The number of fused-ring (bicyclic) bond motifs is 1. The van der Waals surface area contributed by atoms with Gasteiger partial charge in [-0.2, -0.15) is 0 Å². The Labute approximate surface area is 152 Å². The van der Waals surface area contributed by atoms with E-state index in [0.29, 0.717) is 24.7 Å². The zero-order valence-corrected chi connectivity index (χ0v) is 15.3. The smallest absolute Gasteiger partial charge is 0.270 e. The first kappa shape index (κ1) is 16.6. The second-order valence-electron chi connectivity index (χ2n) is 7.19. The number of likely N-dealkylation sites (tertiary alicyclic amines) is 2. The second kappa shape index (κ2) is 7.20. The van der Waals surface area contributed by atoms with E-state index in [0.717, 1.165) is 49.0 Å². The van der Waals surface area contributed by atoms with Crippen LogP contribution >= 0.6 is 11.3 Å². The first-order valence-corrected chi connectivity index (χ1v) is 10.2. The zero-order chi connectivity index (χ0) is 17.2. The minimum absolute atomic E-state index is 0.0593. The third-order valence-electron chi connectivity index (χ3n) is 5.52. The van der Waals surface area contributed by atoms with E-state index in [4.69, 9.17) is 0 Å². The first-order chi connectivity index (χ1) is 12.2. The molecule has 1 N–H and O–H groups in total. The molecule has 2 fully saturated rings. The SMILES string of the molecule is O=C(c1cc2ccsc2[nH]1)N1CCC(C(=O)N2CCCCCC2)CC1. The number of piperidine rings is 1. The maximum absolute atomic E-state index is 12.8. The van der Waals surface area contributed by atoms with Gasteiger partial charge in [-0.05, 0) is 43.2 Å². The van der Waals surface area contributed by atoms with Crippen molar-refractivity contribution in [2.24, 2.45) is 5.92 Å². The maximum atomic E-state index is 12.8. The number of amides is 2. The fourth-order valence-electron chi connectivity index (χ4n) is 4.01. The lowest BCUT2D eigenvalue weighted by molar-refractivity contribution is -0.136.